The molecule has 1 aromatic rings. The average Bonchev–Trinajstić information content (AvgIpc) is 2.42. The third-order valence-corrected chi connectivity index (χ3v) is 3.37. The van der Waals surface area contributed by atoms with Gasteiger partial charge in [0.25, 0.3) is 0 Å². The molecule has 0 saturated heterocycles. The minimum absolute atomic E-state index is 0. The Morgan fingerprint density at radius 2 is 1.74 bits per heavy atom. The second-order valence-electron chi connectivity index (χ2n) is 6.09. The molecule has 23 heavy (non-hydrogen) atoms. The van der Waals surface area contributed by atoms with Gasteiger partial charge in [-0.2, -0.15) is 0 Å². The van der Waals surface area contributed by atoms with Crippen molar-refractivity contribution in [3.63, 3.8) is 0 Å². The molecule has 0 unspecified atom stereocenters. The van der Waals surface area contributed by atoms with Crippen LogP contribution in [0, 0.1) is 13.8 Å². The Hall–Kier alpha value is -0.820. The van der Waals surface area contributed by atoms with E-state index >= 15 is 0 Å². The van der Waals surface area contributed by atoms with E-state index in [2.05, 4.69) is 73.6 Å². The molecule has 132 valence electrons. The van der Waals surface area contributed by atoms with Crippen molar-refractivity contribution in [1.29, 1.82) is 0 Å². The van der Waals surface area contributed by atoms with E-state index in [-0.39, 0.29) is 24.0 Å². The molecule has 0 saturated carbocycles. The van der Waals surface area contributed by atoms with Crippen LogP contribution in [0.1, 0.15) is 30.0 Å². The van der Waals surface area contributed by atoms with Gasteiger partial charge in [0.15, 0.2) is 5.96 Å². The van der Waals surface area contributed by atoms with Gasteiger partial charge in [-0.3, -0.25) is 4.99 Å². The number of aryl methyl sites for hydroxylation is 2. The maximum Gasteiger partial charge on any atom is 0.191 e. The summed E-state index contributed by atoms with van der Waals surface area (Å²) < 4.78 is 0. The highest BCUT2D eigenvalue weighted by Crippen LogP contribution is 2.08. The van der Waals surface area contributed by atoms with Gasteiger partial charge in [0.05, 0.1) is 0 Å². The fourth-order valence-electron chi connectivity index (χ4n) is 2.46. The lowest BCUT2D eigenvalue weighted by Crippen LogP contribution is -2.38. The van der Waals surface area contributed by atoms with Gasteiger partial charge in [-0.25, -0.2) is 0 Å². The molecule has 0 spiro atoms. The van der Waals surface area contributed by atoms with Crippen LogP contribution in [0.4, 0.5) is 0 Å². The molecule has 0 radical (unpaired) electrons. The van der Waals surface area contributed by atoms with Crippen LogP contribution in [0.25, 0.3) is 0 Å². The fraction of sp³-hybridized carbons (Fsp3) is 0.611. The van der Waals surface area contributed by atoms with E-state index in [1.165, 1.54) is 16.7 Å². The van der Waals surface area contributed by atoms with E-state index < -0.39 is 0 Å². The second kappa shape index (κ2) is 12.6. The van der Waals surface area contributed by atoms with Gasteiger partial charge in [0.1, 0.15) is 0 Å². The number of aliphatic imine (C=N–C) groups is 1. The monoisotopic (exact) mass is 432 g/mol. The minimum Gasteiger partial charge on any atom is -0.357 e. The van der Waals surface area contributed by atoms with Crippen molar-refractivity contribution in [3.05, 3.63) is 34.9 Å². The fourth-order valence-corrected chi connectivity index (χ4v) is 2.46. The van der Waals surface area contributed by atoms with Gasteiger partial charge in [-0.1, -0.05) is 29.3 Å². The molecule has 0 aliphatic carbocycles. The molecule has 5 heteroatoms. The molecule has 0 bridgehead atoms. The Kier molecular flexibility index (Phi) is 12.1. The number of rotatable bonds is 8. The molecular weight excluding hydrogens is 399 g/mol. The Balaban J connectivity index is 0.00000484. The van der Waals surface area contributed by atoms with Gasteiger partial charge < -0.3 is 15.5 Å². The summed E-state index contributed by atoms with van der Waals surface area (Å²) in [5, 5.41) is 6.73. The average molecular weight is 432 g/mol. The molecule has 0 aromatic heterocycles. The quantitative estimate of drug-likeness (QED) is 0.287. The Bertz CT molecular complexity index is 452. The Labute approximate surface area is 159 Å². The predicted molar refractivity (Wildman–Crippen MR) is 112 cm³/mol. The highest BCUT2D eigenvalue weighted by molar-refractivity contribution is 14.0. The largest absolute Gasteiger partial charge is 0.357 e. The highest BCUT2D eigenvalue weighted by Gasteiger charge is 1.99. The number of hydrogen-bond acceptors (Lipinski definition) is 2. The first-order valence-electron chi connectivity index (χ1n) is 8.25. The number of nitrogens with zero attached hydrogens (tertiary/aromatic N) is 2. The molecule has 0 aliphatic heterocycles. The van der Waals surface area contributed by atoms with Crippen LogP contribution in [0.15, 0.2) is 23.2 Å². The van der Waals surface area contributed by atoms with E-state index in [1.54, 1.807) is 0 Å². The number of nitrogens with one attached hydrogen (secondary N) is 2. The summed E-state index contributed by atoms with van der Waals surface area (Å²) in [6, 6.07) is 6.73. The standard InChI is InChI=1S/C18H32N4.HI/c1-6-19-18(20-9-7-11-22(4)5)21-10-8-17-13-15(2)12-16(3)14-17;/h12-14H,6-11H2,1-5H3,(H2,19,20,21);1H. The van der Waals surface area contributed by atoms with Crippen LogP contribution in [0.3, 0.4) is 0 Å². The van der Waals surface area contributed by atoms with Crippen LogP contribution in [-0.4, -0.2) is 51.1 Å². The summed E-state index contributed by atoms with van der Waals surface area (Å²) in [7, 11) is 4.19. The lowest BCUT2D eigenvalue weighted by atomic mass is 10.1. The third kappa shape index (κ3) is 10.5. The van der Waals surface area contributed by atoms with Crippen LogP contribution < -0.4 is 10.6 Å². The number of benzene rings is 1. The second-order valence-corrected chi connectivity index (χ2v) is 6.09. The Morgan fingerprint density at radius 1 is 1.09 bits per heavy atom. The van der Waals surface area contributed by atoms with E-state index in [9.17, 15) is 0 Å². The number of hydrogen-bond donors (Lipinski definition) is 2. The van der Waals surface area contributed by atoms with Crippen LogP contribution in [0.5, 0.6) is 0 Å². The van der Waals surface area contributed by atoms with E-state index in [1.807, 2.05) is 0 Å². The van der Waals surface area contributed by atoms with Gasteiger partial charge >= 0.3 is 0 Å². The number of halogens is 1. The highest BCUT2D eigenvalue weighted by atomic mass is 127. The third-order valence-electron chi connectivity index (χ3n) is 3.37. The lowest BCUT2D eigenvalue weighted by molar-refractivity contribution is 0.403. The van der Waals surface area contributed by atoms with Crippen molar-refractivity contribution >= 4 is 29.9 Å². The van der Waals surface area contributed by atoms with Crippen molar-refractivity contribution < 1.29 is 0 Å². The van der Waals surface area contributed by atoms with Gasteiger partial charge in [0, 0.05) is 19.6 Å². The van der Waals surface area contributed by atoms with Gasteiger partial charge in [-0.15, -0.1) is 24.0 Å². The predicted octanol–water partition coefficient (Wildman–Crippen LogP) is 2.97. The topological polar surface area (TPSA) is 39.7 Å². The zero-order valence-corrected chi connectivity index (χ0v) is 17.6. The molecule has 4 nitrogen and oxygen atoms in total. The molecule has 0 fully saturated rings. The molecule has 0 atom stereocenters. The molecule has 0 amide bonds. The molecule has 2 N–H and O–H groups in total. The molecule has 1 rings (SSSR count). The maximum atomic E-state index is 4.62. The van der Waals surface area contributed by atoms with E-state index in [4.69, 9.17) is 0 Å². The smallest absolute Gasteiger partial charge is 0.191 e. The Morgan fingerprint density at radius 3 is 2.30 bits per heavy atom. The zero-order chi connectivity index (χ0) is 16.4. The normalized spacial score (nSPS) is 11.3. The van der Waals surface area contributed by atoms with Crippen LogP contribution in [-0.2, 0) is 6.42 Å². The summed E-state index contributed by atoms with van der Waals surface area (Å²) in [4.78, 5) is 6.81. The first-order valence-corrected chi connectivity index (χ1v) is 8.25. The first-order chi connectivity index (χ1) is 10.5. The van der Waals surface area contributed by atoms with Crippen molar-refractivity contribution in [3.8, 4) is 0 Å². The maximum absolute atomic E-state index is 4.62. The van der Waals surface area contributed by atoms with Crippen molar-refractivity contribution in [1.82, 2.24) is 15.5 Å². The van der Waals surface area contributed by atoms with Crippen molar-refractivity contribution in [2.24, 2.45) is 4.99 Å². The minimum atomic E-state index is 0. The van der Waals surface area contributed by atoms with E-state index in [0.29, 0.717) is 0 Å². The molecular formula is C18H33IN4. The summed E-state index contributed by atoms with van der Waals surface area (Å²) in [6.45, 7) is 10.1. The first kappa shape index (κ1) is 22.2. The van der Waals surface area contributed by atoms with Crippen molar-refractivity contribution in [2.45, 2.75) is 33.6 Å². The molecule has 0 aliphatic rings. The summed E-state index contributed by atoms with van der Waals surface area (Å²) >= 11 is 0. The SMILES string of the molecule is CCNC(=NCCCN(C)C)NCCc1cc(C)cc(C)c1.I. The van der Waals surface area contributed by atoms with Crippen LogP contribution in [0.2, 0.25) is 0 Å². The number of guanidine groups is 1. The summed E-state index contributed by atoms with van der Waals surface area (Å²) in [6.07, 6.45) is 2.10. The lowest BCUT2D eigenvalue weighted by Gasteiger charge is -2.12. The molecule has 0 heterocycles. The summed E-state index contributed by atoms with van der Waals surface area (Å²) in [5.41, 5.74) is 4.05. The molecule has 1 aromatic carbocycles. The van der Waals surface area contributed by atoms with Crippen molar-refractivity contribution in [2.75, 3.05) is 40.3 Å². The van der Waals surface area contributed by atoms with E-state index in [0.717, 1.165) is 45.0 Å². The zero-order valence-electron chi connectivity index (χ0n) is 15.3. The van der Waals surface area contributed by atoms with Gasteiger partial charge in [0.2, 0.25) is 0 Å². The summed E-state index contributed by atoms with van der Waals surface area (Å²) in [5.74, 6) is 0.922. The van der Waals surface area contributed by atoms with Crippen LogP contribution >= 0.6 is 24.0 Å². The van der Waals surface area contributed by atoms with Gasteiger partial charge in [-0.05, 0) is 59.8 Å².